The number of anilines is 1. The lowest BCUT2D eigenvalue weighted by molar-refractivity contribution is -0.129. The van der Waals surface area contributed by atoms with Crippen molar-refractivity contribution in [1.82, 2.24) is 4.90 Å². The first-order valence-electron chi connectivity index (χ1n) is 10.3. The van der Waals surface area contributed by atoms with Gasteiger partial charge < -0.3 is 10.1 Å². The van der Waals surface area contributed by atoms with Gasteiger partial charge in [0.05, 0.1) is 18.3 Å². The third-order valence-corrected chi connectivity index (χ3v) is 6.44. The van der Waals surface area contributed by atoms with Crippen molar-refractivity contribution in [1.29, 1.82) is 0 Å². The number of aliphatic imine (C=N–C) groups is 1. The summed E-state index contributed by atoms with van der Waals surface area (Å²) >= 11 is 1.31. The Morgan fingerprint density at radius 2 is 2.03 bits per heavy atom. The molecule has 0 spiro atoms. The van der Waals surface area contributed by atoms with Crippen LogP contribution in [-0.2, 0) is 14.3 Å². The fraction of sp³-hybridized carbons (Fsp3) is 0.348. The topological polar surface area (TPSA) is 71.0 Å². The van der Waals surface area contributed by atoms with E-state index in [-0.39, 0.29) is 30.2 Å². The Bertz CT molecular complexity index is 990. The maximum Gasteiger partial charge on any atom is 0.242 e. The summed E-state index contributed by atoms with van der Waals surface area (Å²) in [4.78, 5) is 32.1. The molecule has 2 aromatic carbocycles. The Labute approximate surface area is 184 Å². The number of nitrogens with zero attached hydrogens (tertiary/aromatic N) is 2. The highest BCUT2D eigenvalue weighted by Gasteiger charge is 2.40. The highest BCUT2D eigenvalue weighted by Crippen LogP contribution is 2.33. The van der Waals surface area contributed by atoms with Gasteiger partial charge in [-0.15, -0.1) is 0 Å². The van der Waals surface area contributed by atoms with E-state index in [9.17, 15) is 14.0 Å². The summed E-state index contributed by atoms with van der Waals surface area (Å²) in [5.41, 5.74) is 2.30. The Hall–Kier alpha value is -2.71. The molecule has 0 unspecified atom stereocenters. The molecule has 0 bridgehead atoms. The minimum absolute atomic E-state index is 0.00962. The molecule has 2 atom stereocenters. The molecule has 1 N–H and O–H groups in total. The number of hydrogen-bond donors (Lipinski definition) is 1. The van der Waals surface area contributed by atoms with Crippen molar-refractivity contribution in [2.24, 2.45) is 4.99 Å². The van der Waals surface area contributed by atoms with Crippen LogP contribution in [0.2, 0.25) is 0 Å². The number of halogens is 1. The predicted octanol–water partition coefficient (Wildman–Crippen LogP) is 4.27. The molecule has 6 nitrogen and oxygen atoms in total. The first kappa shape index (κ1) is 21.5. The summed E-state index contributed by atoms with van der Waals surface area (Å²) in [7, 11) is 0. The van der Waals surface area contributed by atoms with Crippen LogP contribution in [-0.4, -0.2) is 46.4 Å². The van der Waals surface area contributed by atoms with Crippen LogP contribution in [0.4, 0.5) is 15.8 Å². The first-order valence-corrected chi connectivity index (χ1v) is 11.2. The molecule has 0 aliphatic carbocycles. The van der Waals surface area contributed by atoms with Gasteiger partial charge in [0.1, 0.15) is 11.1 Å². The SMILES string of the molecule is Cc1ccccc1N=C1S[C@@H](CC(=O)Nc2ccc(F)cc2)C(=O)N1C[C@H]1CCCO1. The average molecular weight is 442 g/mol. The second-order valence-corrected chi connectivity index (χ2v) is 8.80. The molecule has 2 aliphatic heterocycles. The highest BCUT2D eigenvalue weighted by atomic mass is 32.2. The van der Waals surface area contributed by atoms with E-state index in [0.717, 1.165) is 24.1 Å². The zero-order valence-electron chi connectivity index (χ0n) is 17.2. The molecule has 8 heteroatoms. The summed E-state index contributed by atoms with van der Waals surface area (Å²) in [6, 6.07) is 13.3. The fourth-order valence-corrected chi connectivity index (χ4v) is 4.75. The molecule has 31 heavy (non-hydrogen) atoms. The van der Waals surface area contributed by atoms with Crippen LogP contribution in [0.15, 0.2) is 53.5 Å². The smallest absolute Gasteiger partial charge is 0.242 e. The van der Waals surface area contributed by atoms with Gasteiger partial charge in [0.15, 0.2) is 5.17 Å². The number of nitrogens with one attached hydrogen (secondary N) is 1. The summed E-state index contributed by atoms with van der Waals surface area (Å²) in [6.45, 7) is 3.11. The second-order valence-electron chi connectivity index (χ2n) is 7.63. The lowest BCUT2D eigenvalue weighted by atomic mass is 10.2. The zero-order valence-corrected chi connectivity index (χ0v) is 18.0. The molecule has 4 rings (SSSR count). The van der Waals surface area contributed by atoms with Crippen LogP contribution in [0, 0.1) is 12.7 Å². The van der Waals surface area contributed by atoms with Gasteiger partial charge in [0, 0.05) is 18.7 Å². The molecule has 0 radical (unpaired) electrons. The summed E-state index contributed by atoms with van der Waals surface area (Å²) < 4.78 is 18.8. The first-order chi connectivity index (χ1) is 15.0. The maximum atomic E-state index is 13.2. The van der Waals surface area contributed by atoms with Gasteiger partial charge in [-0.2, -0.15) is 0 Å². The molecule has 2 aromatic rings. The summed E-state index contributed by atoms with van der Waals surface area (Å²) in [5.74, 6) is -0.810. The van der Waals surface area contributed by atoms with Crippen molar-refractivity contribution in [2.45, 2.75) is 37.5 Å². The van der Waals surface area contributed by atoms with Gasteiger partial charge in [-0.1, -0.05) is 30.0 Å². The lowest BCUT2D eigenvalue weighted by Crippen LogP contribution is -2.38. The molecule has 162 valence electrons. The van der Waals surface area contributed by atoms with Gasteiger partial charge in [-0.3, -0.25) is 14.5 Å². The maximum absolute atomic E-state index is 13.2. The Morgan fingerprint density at radius 3 is 2.74 bits per heavy atom. The van der Waals surface area contributed by atoms with E-state index in [1.807, 2.05) is 31.2 Å². The van der Waals surface area contributed by atoms with E-state index in [2.05, 4.69) is 5.32 Å². The van der Waals surface area contributed by atoms with Crippen molar-refractivity contribution in [3.8, 4) is 0 Å². The van der Waals surface area contributed by atoms with Gasteiger partial charge in [-0.05, 0) is 55.7 Å². The summed E-state index contributed by atoms with van der Waals surface area (Å²) in [5, 5.41) is 2.75. The number of carbonyl (C=O) groups excluding carboxylic acids is 2. The van der Waals surface area contributed by atoms with Crippen molar-refractivity contribution in [3.05, 3.63) is 59.9 Å². The van der Waals surface area contributed by atoms with Crippen LogP contribution in [0.1, 0.15) is 24.8 Å². The Balaban J connectivity index is 1.50. The molecule has 2 saturated heterocycles. The third kappa shape index (κ3) is 5.32. The van der Waals surface area contributed by atoms with E-state index >= 15 is 0 Å². The van der Waals surface area contributed by atoms with Crippen molar-refractivity contribution >= 4 is 40.1 Å². The lowest BCUT2D eigenvalue weighted by Gasteiger charge is -2.20. The normalized spacial score (nSPS) is 22.3. The monoisotopic (exact) mass is 441 g/mol. The van der Waals surface area contributed by atoms with Crippen LogP contribution in [0.25, 0.3) is 0 Å². The predicted molar refractivity (Wildman–Crippen MR) is 120 cm³/mol. The largest absolute Gasteiger partial charge is 0.376 e. The van der Waals surface area contributed by atoms with E-state index in [1.54, 1.807) is 4.90 Å². The van der Waals surface area contributed by atoms with Gasteiger partial charge in [-0.25, -0.2) is 9.38 Å². The molecule has 2 aliphatic rings. The highest BCUT2D eigenvalue weighted by molar-refractivity contribution is 8.15. The molecule has 2 fully saturated rings. The Kier molecular flexibility index (Phi) is 6.67. The number of carbonyl (C=O) groups is 2. The summed E-state index contributed by atoms with van der Waals surface area (Å²) in [6.07, 6.45) is 1.88. The zero-order chi connectivity index (χ0) is 21.8. The van der Waals surface area contributed by atoms with E-state index < -0.39 is 5.25 Å². The minimum atomic E-state index is -0.565. The standard InChI is InChI=1S/C23H24FN3O3S/c1-15-5-2-3-7-19(15)26-23-27(14-18-6-4-12-30-18)22(29)20(31-23)13-21(28)25-17-10-8-16(24)9-11-17/h2-3,5,7-11,18,20H,4,6,12-14H2,1H3,(H,25,28)/t18-,20+/m1/s1. The number of hydrogen-bond acceptors (Lipinski definition) is 5. The molecule has 0 aromatic heterocycles. The molecular weight excluding hydrogens is 417 g/mol. The van der Waals surface area contributed by atoms with Gasteiger partial charge >= 0.3 is 0 Å². The van der Waals surface area contributed by atoms with Crippen LogP contribution >= 0.6 is 11.8 Å². The van der Waals surface area contributed by atoms with Crippen molar-refractivity contribution < 1.29 is 18.7 Å². The minimum Gasteiger partial charge on any atom is -0.376 e. The molecule has 0 saturated carbocycles. The van der Waals surface area contributed by atoms with Gasteiger partial charge in [0.2, 0.25) is 11.8 Å². The van der Waals surface area contributed by atoms with Crippen LogP contribution < -0.4 is 5.32 Å². The quantitative estimate of drug-likeness (QED) is 0.727. The number of amides is 2. The number of rotatable bonds is 6. The fourth-order valence-electron chi connectivity index (χ4n) is 3.59. The second kappa shape index (κ2) is 9.62. The van der Waals surface area contributed by atoms with E-state index in [1.165, 1.54) is 36.0 Å². The number of thioether (sulfide) groups is 1. The van der Waals surface area contributed by atoms with Crippen LogP contribution in [0.5, 0.6) is 0 Å². The Morgan fingerprint density at radius 1 is 1.26 bits per heavy atom. The average Bonchev–Trinajstić information content (AvgIpc) is 3.36. The number of amidine groups is 1. The van der Waals surface area contributed by atoms with E-state index in [4.69, 9.17) is 9.73 Å². The van der Waals surface area contributed by atoms with Gasteiger partial charge in [0.25, 0.3) is 0 Å². The molecule has 2 heterocycles. The third-order valence-electron chi connectivity index (χ3n) is 5.26. The number of para-hydroxylation sites is 1. The number of aryl methyl sites for hydroxylation is 1. The number of benzene rings is 2. The molecule has 2 amide bonds. The van der Waals surface area contributed by atoms with Crippen molar-refractivity contribution in [3.63, 3.8) is 0 Å². The van der Waals surface area contributed by atoms with Crippen molar-refractivity contribution in [2.75, 3.05) is 18.5 Å². The molecular formula is C23H24FN3O3S. The van der Waals surface area contributed by atoms with Crippen LogP contribution in [0.3, 0.4) is 0 Å². The van der Waals surface area contributed by atoms with E-state index in [0.29, 0.717) is 24.0 Å². The number of ether oxygens (including phenoxy) is 1.